The SMILES string of the molecule is O=C(c1ccc2c(Cl)cc(-c3cccnc3)nc2c1)N1CCNCC1. The average molecular weight is 353 g/mol. The van der Waals surface area contributed by atoms with Crippen molar-refractivity contribution in [2.24, 2.45) is 0 Å². The Morgan fingerprint density at radius 2 is 2.00 bits per heavy atom. The number of hydrogen-bond acceptors (Lipinski definition) is 4. The maximum atomic E-state index is 12.7. The third kappa shape index (κ3) is 3.21. The molecule has 1 amide bonds. The van der Waals surface area contributed by atoms with E-state index in [9.17, 15) is 4.79 Å². The number of hydrogen-bond donors (Lipinski definition) is 1. The van der Waals surface area contributed by atoms with E-state index in [1.54, 1.807) is 12.4 Å². The first-order valence-corrected chi connectivity index (χ1v) is 8.61. The number of carbonyl (C=O) groups excluding carboxylic acids is 1. The molecule has 25 heavy (non-hydrogen) atoms. The summed E-state index contributed by atoms with van der Waals surface area (Å²) in [6, 6.07) is 11.1. The first-order valence-electron chi connectivity index (χ1n) is 8.23. The van der Waals surface area contributed by atoms with Crippen LogP contribution in [0.2, 0.25) is 5.02 Å². The Bertz CT molecular complexity index is 923. The number of nitrogens with one attached hydrogen (secondary N) is 1. The fourth-order valence-corrected chi connectivity index (χ4v) is 3.29. The van der Waals surface area contributed by atoms with Crippen molar-refractivity contribution in [1.29, 1.82) is 0 Å². The van der Waals surface area contributed by atoms with Crippen molar-refractivity contribution in [2.75, 3.05) is 26.2 Å². The summed E-state index contributed by atoms with van der Waals surface area (Å²) < 4.78 is 0. The molecule has 0 radical (unpaired) electrons. The predicted molar refractivity (Wildman–Crippen MR) is 98.8 cm³/mol. The summed E-state index contributed by atoms with van der Waals surface area (Å²) in [4.78, 5) is 23.4. The molecule has 0 saturated carbocycles. The second-order valence-electron chi connectivity index (χ2n) is 6.01. The van der Waals surface area contributed by atoms with E-state index in [2.05, 4.69) is 15.3 Å². The second kappa shape index (κ2) is 6.78. The van der Waals surface area contributed by atoms with Crippen LogP contribution in [0.3, 0.4) is 0 Å². The van der Waals surface area contributed by atoms with Crippen LogP contribution in [0, 0.1) is 0 Å². The molecule has 1 aliphatic heterocycles. The maximum Gasteiger partial charge on any atom is 0.254 e. The zero-order valence-electron chi connectivity index (χ0n) is 13.6. The van der Waals surface area contributed by atoms with Gasteiger partial charge in [-0.15, -0.1) is 0 Å². The van der Waals surface area contributed by atoms with Crippen LogP contribution in [-0.4, -0.2) is 47.0 Å². The highest BCUT2D eigenvalue weighted by Crippen LogP contribution is 2.28. The van der Waals surface area contributed by atoms with Crippen molar-refractivity contribution >= 4 is 28.4 Å². The minimum Gasteiger partial charge on any atom is -0.336 e. The molecule has 0 atom stereocenters. The summed E-state index contributed by atoms with van der Waals surface area (Å²) in [7, 11) is 0. The van der Waals surface area contributed by atoms with Crippen molar-refractivity contribution in [2.45, 2.75) is 0 Å². The molecule has 3 aromatic rings. The number of nitrogens with zero attached hydrogens (tertiary/aromatic N) is 3. The van der Waals surface area contributed by atoms with Gasteiger partial charge in [-0.2, -0.15) is 0 Å². The number of carbonyl (C=O) groups is 1. The number of benzene rings is 1. The number of aromatic nitrogens is 2. The minimum absolute atomic E-state index is 0.0353. The number of fused-ring (bicyclic) bond motifs is 1. The number of amides is 1. The zero-order chi connectivity index (χ0) is 17.2. The smallest absolute Gasteiger partial charge is 0.254 e. The van der Waals surface area contributed by atoms with Gasteiger partial charge < -0.3 is 10.2 Å². The van der Waals surface area contributed by atoms with E-state index in [0.717, 1.165) is 42.8 Å². The third-order valence-corrected chi connectivity index (χ3v) is 4.68. The largest absolute Gasteiger partial charge is 0.336 e. The molecule has 3 heterocycles. The van der Waals surface area contributed by atoms with Gasteiger partial charge in [0.15, 0.2) is 0 Å². The summed E-state index contributed by atoms with van der Waals surface area (Å²) >= 11 is 6.43. The molecule has 0 spiro atoms. The van der Waals surface area contributed by atoms with E-state index in [-0.39, 0.29) is 5.91 Å². The normalized spacial score (nSPS) is 14.7. The molecule has 1 aliphatic rings. The molecule has 126 valence electrons. The number of rotatable bonds is 2. The fourth-order valence-electron chi connectivity index (χ4n) is 3.03. The molecule has 1 fully saturated rings. The summed E-state index contributed by atoms with van der Waals surface area (Å²) in [6.07, 6.45) is 3.47. The van der Waals surface area contributed by atoms with Crippen LogP contribution in [0.1, 0.15) is 10.4 Å². The highest BCUT2D eigenvalue weighted by atomic mass is 35.5. The molecule has 0 bridgehead atoms. The van der Waals surface area contributed by atoms with Crippen LogP contribution in [0.4, 0.5) is 0 Å². The lowest BCUT2D eigenvalue weighted by molar-refractivity contribution is 0.0736. The van der Waals surface area contributed by atoms with Crippen molar-refractivity contribution in [3.8, 4) is 11.3 Å². The molecular weight excluding hydrogens is 336 g/mol. The van der Waals surface area contributed by atoms with E-state index in [0.29, 0.717) is 16.1 Å². The van der Waals surface area contributed by atoms with Crippen LogP contribution < -0.4 is 5.32 Å². The first-order chi connectivity index (χ1) is 12.2. The van der Waals surface area contributed by atoms with Crippen molar-refractivity contribution in [3.05, 3.63) is 59.4 Å². The van der Waals surface area contributed by atoms with E-state index in [1.807, 2.05) is 41.3 Å². The summed E-state index contributed by atoms with van der Waals surface area (Å²) in [5.41, 5.74) is 3.00. The molecule has 1 saturated heterocycles. The molecule has 0 aliphatic carbocycles. The van der Waals surface area contributed by atoms with E-state index >= 15 is 0 Å². The van der Waals surface area contributed by atoms with Crippen LogP contribution in [0.25, 0.3) is 22.2 Å². The average Bonchev–Trinajstić information content (AvgIpc) is 2.68. The van der Waals surface area contributed by atoms with Gasteiger partial charge in [-0.25, -0.2) is 4.98 Å². The summed E-state index contributed by atoms with van der Waals surface area (Å²) in [6.45, 7) is 3.10. The van der Waals surface area contributed by atoms with Crippen molar-refractivity contribution < 1.29 is 4.79 Å². The Morgan fingerprint density at radius 3 is 2.76 bits per heavy atom. The fraction of sp³-hybridized carbons (Fsp3) is 0.211. The third-order valence-electron chi connectivity index (χ3n) is 4.37. The molecule has 1 aromatic carbocycles. The molecule has 5 nitrogen and oxygen atoms in total. The maximum absolute atomic E-state index is 12.7. The standard InChI is InChI=1S/C19H17ClN4O/c20-16-11-17(14-2-1-5-22-12-14)23-18-10-13(3-4-15(16)18)19(25)24-8-6-21-7-9-24/h1-5,10-12,21H,6-9H2. The van der Waals surface area contributed by atoms with Crippen LogP contribution in [0.15, 0.2) is 48.8 Å². The van der Waals surface area contributed by atoms with Gasteiger partial charge in [-0.05, 0) is 30.3 Å². The van der Waals surface area contributed by atoms with Gasteiger partial charge in [0, 0.05) is 55.1 Å². The van der Waals surface area contributed by atoms with Crippen LogP contribution in [-0.2, 0) is 0 Å². The quantitative estimate of drug-likeness (QED) is 0.770. The van der Waals surface area contributed by atoms with Crippen molar-refractivity contribution in [3.63, 3.8) is 0 Å². The highest BCUT2D eigenvalue weighted by molar-refractivity contribution is 6.35. The second-order valence-corrected chi connectivity index (χ2v) is 6.41. The van der Waals surface area contributed by atoms with Crippen LogP contribution in [0.5, 0.6) is 0 Å². The lowest BCUT2D eigenvalue weighted by Crippen LogP contribution is -2.46. The van der Waals surface area contributed by atoms with Gasteiger partial charge in [0.2, 0.25) is 0 Å². The molecule has 1 N–H and O–H groups in total. The highest BCUT2D eigenvalue weighted by Gasteiger charge is 2.18. The molecule has 6 heteroatoms. The predicted octanol–water partition coefficient (Wildman–Crippen LogP) is 3.00. The summed E-state index contributed by atoms with van der Waals surface area (Å²) in [5, 5.41) is 4.71. The minimum atomic E-state index is 0.0353. The molecule has 4 rings (SSSR count). The van der Waals surface area contributed by atoms with Gasteiger partial charge in [-0.1, -0.05) is 17.7 Å². The Hall–Kier alpha value is -2.50. The van der Waals surface area contributed by atoms with Gasteiger partial charge in [0.25, 0.3) is 5.91 Å². The Kier molecular flexibility index (Phi) is 4.34. The van der Waals surface area contributed by atoms with E-state index in [1.165, 1.54) is 0 Å². The zero-order valence-corrected chi connectivity index (χ0v) is 14.3. The Morgan fingerprint density at radius 1 is 1.16 bits per heavy atom. The lowest BCUT2D eigenvalue weighted by Gasteiger charge is -2.27. The topological polar surface area (TPSA) is 58.1 Å². The molecular formula is C19H17ClN4O. The van der Waals surface area contributed by atoms with Gasteiger partial charge in [-0.3, -0.25) is 9.78 Å². The lowest BCUT2D eigenvalue weighted by atomic mass is 10.1. The van der Waals surface area contributed by atoms with E-state index < -0.39 is 0 Å². The first kappa shape index (κ1) is 16.0. The number of piperazine rings is 1. The number of pyridine rings is 2. The van der Waals surface area contributed by atoms with Crippen LogP contribution >= 0.6 is 11.6 Å². The Labute approximate surface area is 150 Å². The monoisotopic (exact) mass is 352 g/mol. The Balaban J connectivity index is 1.75. The van der Waals surface area contributed by atoms with Gasteiger partial charge in [0.05, 0.1) is 16.2 Å². The molecule has 2 aromatic heterocycles. The van der Waals surface area contributed by atoms with Gasteiger partial charge in [0.1, 0.15) is 0 Å². The van der Waals surface area contributed by atoms with E-state index in [4.69, 9.17) is 11.6 Å². The number of halogens is 1. The molecule has 0 unspecified atom stereocenters. The van der Waals surface area contributed by atoms with Gasteiger partial charge >= 0.3 is 0 Å². The van der Waals surface area contributed by atoms with Crippen molar-refractivity contribution in [1.82, 2.24) is 20.2 Å². The summed E-state index contributed by atoms with van der Waals surface area (Å²) in [5.74, 6) is 0.0353.